The quantitative estimate of drug-likeness (QED) is 0.451. The van der Waals surface area contributed by atoms with E-state index in [1.807, 2.05) is 0 Å². The highest BCUT2D eigenvalue weighted by Crippen LogP contribution is 2.34. The molecule has 1 unspecified atom stereocenters. The lowest BCUT2D eigenvalue weighted by atomic mass is 10.1. The molecule has 3 N–H and O–H groups in total. The predicted molar refractivity (Wildman–Crippen MR) is 121 cm³/mol. The van der Waals surface area contributed by atoms with Crippen LogP contribution in [0.3, 0.4) is 0 Å². The smallest absolute Gasteiger partial charge is 0.404 e. The van der Waals surface area contributed by atoms with Gasteiger partial charge >= 0.3 is 6.18 Å². The summed E-state index contributed by atoms with van der Waals surface area (Å²) in [5, 5.41) is 7.16. The molecular formula is C21H24ClF3N6O. The average Bonchev–Trinajstić information content (AvgIpc) is 3.54. The van der Waals surface area contributed by atoms with E-state index in [1.165, 1.54) is 29.5 Å². The molecule has 0 radical (unpaired) electrons. The van der Waals surface area contributed by atoms with E-state index in [0.717, 1.165) is 31.3 Å². The number of carbonyl (C=O) groups excluding carboxylic acids is 1. The molecule has 32 heavy (non-hydrogen) atoms. The van der Waals surface area contributed by atoms with Crippen molar-refractivity contribution >= 4 is 41.7 Å². The Bertz CT molecular complexity index is 953. The highest BCUT2D eigenvalue weighted by molar-refractivity contribution is 6.31. The number of aliphatic imine (C=N–C) groups is 3. The Labute approximate surface area is 189 Å². The van der Waals surface area contributed by atoms with Gasteiger partial charge in [-0.15, -0.1) is 0 Å². The second-order valence-electron chi connectivity index (χ2n) is 7.14. The summed E-state index contributed by atoms with van der Waals surface area (Å²) in [4.78, 5) is 27.0. The van der Waals surface area contributed by atoms with Crippen LogP contribution in [0.5, 0.6) is 0 Å². The summed E-state index contributed by atoms with van der Waals surface area (Å²) in [6.07, 6.45) is 2.08. The number of rotatable bonds is 7. The van der Waals surface area contributed by atoms with Gasteiger partial charge in [-0.1, -0.05) is 11.6 Å². The molecule has 11 heteroatoms. The summed E-state index contributed by atoms with van der Waals surface area (Å²) in [5.74, 6) is -0.126. The summed E-state index contributed by atoms with van der Waals surface area (Å²) in [6.45, 7) is 3.62. The Morgan fingerprint density at radius 3 is 2.59 bits per heavy atom. The number of hydrogen-bond acceptors (Lipinski definition) is 3. The molecule has 1 fully saturated rings. The van der Waals surface area contributed by atoms with Crippen LogP contribution in [0.4, 0.5) is 13.2 Å². The number of nitrogens with zero attached hydrogens (tertiary/aromatic N) is 4. The normalized spacial score (nSPS) is 16.6. The minimum absolute atomic E-state index is 0.0887. The van der Waals surface area contributed by atoms with Gasteiger partial charge in [-0.3, -0.25) is 10.2 Å². The highest BCUT2D eigenvalue weighted by atomic mass is 35.5. The molecule has 1 aliphatic rings. The molecule has 0 bridgehead atoms. The lowest BCUT2D eigenvalue weighted by Crippen LogP contribution is -2.44. The van der Waals surface area contributed by atoms with Gasteiger partial charge in [0.25, 0.3) is 5.91 Å². The average molecular weight is 469 g/mol. The molecule has 1 atom stereocenters. The maximum atomic E-state index is 13.3. The maximum Gasteiger partial charge on any atom is 0.416 e. The number of benzene rings is 1. The molecule has 1 amide bonds. The first kappa shape index (κ1) is 25.3. The topological polar surface area (TPSA) is 107 Å². The van der Waals surface area contributed by atoms with Gasteiger partial charge in [-0.05, 0) is 63.1 Å². The van der Waals surface area contributed by atoms with Gasteiger partial charge in [0.05, 0.1) is 11.6 Å². The minimum Gasteiger partial charge on any atom is -0.404 e. The van der Waals surface area contributed by atoms with Crippen LogP contribution >= 0.6 is 11.6 Å². The zero-order valence-corrected chi connectivity index (χ0v) is 18.4. The van der Waals surface area contributed by atoms with E-state index in [0.29, 0.717) is 6.54 Å². The lowest BCUT2D eigenvalue weighted by molar-refractivity contribution is -0.137. The van der Waals surface area contributed by atoms with Crippen LogP contribution in [0.25, 0.3) is 0 Å². The van der Waals surface area contributed by atoms with Crippen molar-refractivity contribution in [2.75, 3.05) is 6.54 Å². The van der Waals surface area contributed by atoms with Crippen LogP contribution in [-0.4, -0.2) is 47.6 Å². The number of hydrogen-bond donors (Lipinski definition) is 2. The third kappa shape index (κ3) is 7.01. The fraction of sp³-hybridized carbons (Fsp3) is 0.381. The number of halogens is 4. The third-order valence-electron chi connectivity index (χ3n) is 4.66. The third-order valence-corrected chi connectivity index (χ3v) is 4.88. The monoisotopic (exact) mass is 468 g/mol. The van der Waals surface area contributed by atoms with Gasteiger partial charge in [-0.2, -0.15) is 13.2 Å². The maximum absolute atomic E-state index is 13.3. The summed E-state index contributed by atoms with van der Waals surface area (Å²) in [5.41, 5.74) is 4.22. The summed E-state index contributed by atoms with van der Waals surface area (Å²) < 4.78 is 39.7. The van der Waals surface area contributed by atoms with Gasteiger partial charge in [0.2, 0.25) is 0 Å². The molecule has 0 aliphatic heterocycles. The SMILES string of the molecule is CC=NC(C=CN)=NC(=NC=N)C(C)N(CC1CC1)C(=O)c1cc(Cl)cc(C(F)(F)F)c1. The fourth-order valence-corrected chi connectivity index (χ4v) is 3.15. The molecule has 1 saturated carbocycles. The number of carbonyl (C=O) groups is 1. The van der Waals surface area contributed by atoms with Crippen LogP contribution in [0.15, 0.2) is 45.5 Å². The van der Waals surface area contributed by atoms with Crippen LogP contribution in [0.2, 0.25) is 5.02 Å². The van der Waals surface area contributed by atoms with E-state index in [-0.39, 0.29) is 28.2 Å². The Kier molecular flexibility index (Phi) is 8.71. The van der Waals surface area contributed by atoms with Crippen molar-refractivity contribution in [3.63, 3.8) is 0 Å². The second kappa shape index (κ2) is 11.0. The molecule has 172 valence electrons. The van der Waals surface area contributed by atoms with E-state index in [2.05, 4.69) is 15.0 Å². The zero-order chi connectivity index (χ0) is 23.9. The largest absolute Gasteiger partial charge is 0.416 e. The lowest BCUT2D eigenvalue weighted by Gasteiger charge is -2.29. The molecule has 0 aromatic heterocycles. The molecular weight excluding hydrogens is 445 g/mol. The van der Waals surface area contributed by atoms with Crippen LogP contribution in [0, 0.1) is 11.3 Å². The van der Waals surface area contributed by atoms with Gasteiger partial charge in [0, 0.05) is 23.3 Å². The summed E-state index contributed by atoms with van der Waals surface area (Å²) >= 11 is 5.87. The van der Waals surface area contributed by atoms with Gasteiger partial charge in [-0.25, -0.2) is 15.0 Å². The van der Waals surface area contributed by atoms with E-state index in [1.54, 1.807) is 13.8 Å². The van der Waals surface area contributed by atoms with Crippen molar-refractivity contribution in [2.45, 2.75) is 38.9 Å². The van der Waals surface area contributed by atoms with E-state index in [9.17, 15) is 18.0 Å². The molecule has 1 aromatic rings. The van der Waals surface area contributed by atoms with E-state index < -0.39 is 23.7 Å². The van der Waals surface area contributed by atoms with Crippen LogP contribution < -0.4 is 5.73 Å². The Morgan fingerprint density at radius 1 is 1.38 bits per heavy atom. The van der Waals surface area contributed by atoms with Gasteiger partial charge in [0.1, 0.15) is 6.34 Å². The molecule has 2 rings (SSSR count). The summed E-state index contributed by atoms with van der Waals surface area (Å²) in [7, 11) is 0. The molecule has 0 heterocycles. The first-order chi connectivity index (χ1) is 15.1. The molecule has 7 nitrogen and oxygen atoms in total. The summed E-state index contributed by atoms with van der Waals surface area (Å²) in [6, 6.07) is 1.99. The number of amidine groups is 2. The number of amides is 1. The van der Waals surface area contributed by atoms with Gasteiger partial charge in [0.15, 0.2) is 11.7 Å². The van der Waals surface area contributed by atoms with E-state index in [4.69, 9.17) is 22.7 Å². The van der Waals surface area contributed by atoms with Crippen molar-refractivity contribution in [1.29, 1.82) is 5.41 Å². The Balaban J connectivity index is 2.49. The number of nitrogens with one attached hydrogen (secondary N) is 1. The zero-order valence-electron chi connectivity index (χ0n) is 17.6. The molecule has 0 spiro atoms. The molecule has 1 aromatic carbocycles. The van der Waals surface area contributed by atoms with Crippen LogP contribution in [0.1, 0.15) is 42.6 Å². The standard InChI is InChI=1S/C21H24ClF3N6O/c1-3-28-18(6-7-26)30-19(29-12-27)13(2)31(11-14-4-5-14)20(32)15-8-16(21(23,24)25)10-17(22)9-15/h3,6-10,12-14,27H,4-5,11,26H2,1-2H3. The van der Waals surface area contributed by atoms with Gasteiger partial charge < -0.3 is 10.6 Å². The number of alkyl halides is 3. The number of nitrogens with two attached hydrogens (primary N) is 1. The second-order valence-corrected chi connectivity index (χ2v) is 7.57. The Morgan fingerprint density at radius 2 is 2.06 bits per heavy atom. The van der Waals surface area contributed by atoms with Crippen molar-refractivity contribution in [1.82, 2.24) is 4.90 Å². The van der Waals surface area contributed by atoms with Crippen molar-refractivity contribution in [3.05, 3.63) is 46.6 Å². The van der Waals surface area contributed by atoms with E-state index >= 15 is 0 Å². The van der Waals surface area contributed by atoms with Crippen molar-refractivity contribution in [2.24, 2.45) is 26.6 Å². The van der Waals surface area contributed by atoms with Crippen LogP contribution in [-0.2, 0) is 6.18 Å². The molecule has 1 aliphatic carbocycles. The first-order valence-corrected chi connectivity index (χ1v) is 10.2. The predicted octanol–water partition coefficient (Wildman–Crippen LogP) is 4.57. The minimum atomic E-state index is -4.65. The van der Waals surface area contributed by atoms with Crippen molar-refractivity contribution < 1.29 is 18.0 Å². The Hall–Kier alpha value is -3.01. The first-order valence-electron chi connectivity index (χ1n) is 9.81. The fourth-order valence-electron chi connectivity index (χ4n) is 2.92. The van der Waals surface area contributed by atoms with Crippen molar-refractivity contribution in [3.8, 4) is 0 Å². The highest BCUT2D eigenvalue weighted by Gasteiger charge is 2.35. The molecule has 0 saturated heterocycles.